The van der Waals surface area contributed by atoms with Crippen molar-refractivity contribution in [3.63, 3.8) is 0 Å². The van der Waals surface area contributed by atoms with Crippen LogP contribution in [0.5, 0.6) is 0 Å². The second kappa shape index (κ2) is 22.8. The smallest absolute Gasteiger partial charge is 0.296 e. The molecule has 0 saturated heterocycles. The van der Waals surface area contributed by atoms with Gasteiger partial charge in [0.25, 0.3) is 28.8 Å². The van der Waals surface area contributed by atoms with Gasteiger partial charge in [0, 0.05) is 57.6 Å². The van der Waals surface area contributed by atoms with E-state index in [1.54, 1.807) is 0 Å². The fourth-order valence-electron chi connectivity index (χ4n) is 5.36. The maximum Gasteiger partial charge on any atom is 0.296 e. The monoisotopic (exact) mass is 880 g/mol. The van der Waals surface area contributed by atoms with Crippen LogP contribution in [0.15, 0.2) is 127 Å². The van der Waals surface area contributed by atoms with E-state index >= 15 is 0 Å². The first-order valence-corrected chi connectivity index (χ1v) is 23.0. The Morgan fingerprint density at radius 3 is 1.23 bits per heavy atom. The molecule has 0 amide bonds. The number of azo groups is 2. The van der Waals surface area contributed by atoms with E-state index in [9.17, 15) is 16.8 Å². The van der Waals surface area contributed by atoms with Crippen molar-refractivity contribution in [1.82, 2.24) is 4.67 Å². The number of hydrogen-bond donors (Lipinski definition) is 0. The van der Waals surface area contributed by atoms with Crippen molar-refractivity contribution in [2.75, 3.05) is 64.4 Å². The number of nitriles is 1. The van der Waals surface area contributed by atoms with Gasteiger partial charge in [-0.1, -0.05) is 0 Å². The molecule has 16 nitrogen and oxygen atoms in total. The topological polar surface area (TPSA) is 188 Å². The third-order valence-corrected chi connectivity index (χ3v) is 13.2. The summed E-state index contributed by atoms with van der Waals surface area (Å²) in [6.45, 7) is 6.83. The SMILES string of the molecule is CC(C)N(C(C)C)P(OCCC#N)OCC(COS(=O)(=O)c1ccc(N=Nc2ccc(N(C)C)cc2)cc1)COS(=O)(=O)c1ccc(N=Nc2ccc(N(C)C)cc2)cc1. The van der Waals surface area contributed by atoms with Gasteiger partial charge in [-0.25, -0.2) is 4.67 Å². The Morgan fingerprint density at radius 2 is 0.917 bits per heavy atom. The summed E-state index contributed by atoms with van der Waals surface area (Å²) >= 11 is 0. The summed E-state index contributed by atoms with van der Waals surface area (Å²) < 4.78 is 78.7. The highest BCUT2D eigenvalue weighted by atomic mass is 32.2. The first kappa shape index (κ1) is 48.0. The Hall–Kier alpha value is -4.70. The maximum atomic E-state index is 13.4. The Bertz CT molecular complexity index is 2120. The molecule has 60 heavy (non-hydrogen) atoms. The van der Waals surface area contributed by atoms with Crippen LogP contribution in [0.1, 0.15) is 34.1 Å². The summed E-state index contributed by atoms with van der Waals surface area (Å²) in [7, 11) is -2.65. The molecule has 0 N–H and O–H groups in total. The lowest BCUT2D eigenvalue weighted by Crippen LogP contribution is -2.34. The molecule has 0 fully saturated rings. The third kappa shape index (κ3) is 14.8. The van der Waals surface area contributed by atoms with Gasteiger partial charge in [0.1, 0.15) is 0 Å². The molecule has 0 heterocycles. The highest BCUT2D eigenvalue weighted by Gasteiger charge is 2.30. The largest absolute Gasteiger partial charge is 0.378 e. The highest BCUT2D eigenvalue weighted by molar-refractivity contribution is 7.87. The van der Waals surface area contributed by atoms with Gasteiger partial charge < -0.3 is 18.8 Å². The molecule has 0 radical (unpaired) electrons. The average molecular weight is 881 g/mol. The Balaban J connectivity index is 1.48. The van der Waals surface area contributed by atoms with E-state index in [4.69, 9.17) is 22.7 Å². The van der Waals surface area contributed by atoms with E-state index < -0.39 is 47.9 Å². The van der Waals surface area contributed by atoms with Gasteiger partial charge in [0.2, 0.25) is 0 Å². The molecule has 4 aromatic rings. The summed E-state index contributed by atoms with van der Waals surface area (Å²) in [5, 5.41) is 26.0. The van der Waals surface area contributed by atoms with E-state index in [0.29, 0.717) is 22.7 Å². The Kier molecular flexibility index (Phi) is 18.2. The summed E-state index contributed by atoms with van der Waals surface area (Å²) in [6, 6.07) is 28.3. The van der Waals surface area contributed by atoms with E-state index in [0.717, 1.165) is 11.4 Å². The maximum absolute atomic E-state index is 13.4. The third-order valence-electron chi connectivity index (χ3n) is 8.55. The fraction of sp³-hybridized carbons (Fsp3) is 0.390. The minimum Gasteiger partial charge on any atom is -0.378 e. The van der Waals surface area contributed by atoms with Crippen LogP contribution in [0, 0.1) is 17.2 Å². The number of rotatable bonds is 23. The molecule has 1 unspecified atom stereocenters. The molecule has 4 aromatic carbocycles. The van der Waals surface area contributed by atoms with Crippen LogP contribution in [0.4, 0.5) is 34.1 Å². The van der Waals surface area contributed by atoms with Gasteiger partial charge >= 0.3 is 0 Å². The van der Waals surface area contributed by atoms with Crippen LogP contribution >= 0.6 is 8.53 Å². The number of nitrogens with zero attached hydrogens (tertiary/aromatic N) is 8. The summed E-state index contributed by atoms with van der Waals surface area (Å²) in [5.41, 5.74) is 4.12. The van der Waals surface area contributed by atoms with E-state index in [-0.39, 0.29) is 41.5 Å². The quantitative estimate of drug-likeness (QED) is 0.0297. The normalized spacial score (nSPS) is 13.4. The van der Waals surface area contributed by atoms with Crippen LogP contribution in [0.25, 0.3) is 0 Å². The van der Waals surface area contributed by atoms with Gasteiger partial charge in [0.05, 0.1) is 71.5 Å². The van der Waals surface area contributed by atoms with Crippen LogP contribution in [-0.4, -0.2) is 88.2 Å². The first-order valence-electron chi connectivity index (χ1n) is 19.1. The summed E-state index contributed by atoms with van der Waals surface area (Å²) in [5.74, 6) is -0.904. The average Bonchev–Trinajstić information content (AvgIpc) is 3.22. The zero-order valence-corrected chi connectivity index (χ0v) is 37.6. The van der Waals surface area contributed by atoms with Crippen molar-refractivity contribution in [2.24, 2.45) is 26.4 Å². The van der Waals surface area contributed by atoms with Gasteiger partial charge in [-0.2, -0.15) is 42.6 Å². The number of benzene rings is 4. The molecule has 4 rings (SSSR count). The van der Waals surface area contributed by atoms with Crippen molar-refractivity contribution in [1.29, 1.82) is 5.26 Å². The van der Waals surface area contributed by atoms with Crippen LogP contribution in [0.3, 0.4) is 0 Å². The molecule has 0 saturated carbocycles. The number of hydrogen-bond acceptors (Lipinski definition) is 16. The van der Waals surface area contributed by atoms with Crippen molar-refractivity contribution in [2.45, 2.75) is 56.0 Å². The van der Waals surface area contributed by atoms with Crippen LogP contribution in [-0.2, 0) is 37.6 Å². The molecule has 1 atom stereocenters. The first-order chi connectivity index (χ1) is 28.5. The molecule has 0 aromatic heterocycles. The van der Waals surface area contributed by atoms with E-state index in [1.165, 1.54) is 48.5 Å². The van der Waals surface area contributed by atoms with Crippen molar-refractivity contribution >= 4 is 62.9 Å². The molecule has 0 aliphatic rings. The van der Waals surface area contributed by atoms with E-state index in [2.05, 4.69) is 20.5 Å². The van der Waals surface area contributed by atoms with Gasteiger partial charge in [-0.3, -0.25) is 8.37 Å². The molecular formula is C41H53N8O8PS2. The van der Waals surface area contributed by atoms with Crippen molar-refractivity contribution in [3.05, 3.63) is 97.1 Å². The lowest BCUT2D eigenvalue weighted by Gasteiger charge is -2.36. The molecule has 322 valence electrons. The molecule has 0 spiro atoms. The van der Waals surface area contributed by atoms with Crippen molar-refractivity contribution < 1.29 is 34.2 Å². The van der Waals surface area contributed by atoms with Crippen LogP contribution in [0.2, 0.25) is 0 Å². The van der Waals surface area contributed by atoms with Gasteiger partial charge in [-0.15, -0.1) is 0 Å². The Labute approximate surface area is 355 Å². The minimum absolute atomic E-state index is 0.0119. The molecule has 0 bridgehead atoms. The molecule has 0 aliphatic heterocycles. The highest BCUT2D eigenvalue weighted by Crippen LogP contribution is 2.46. The fourth-order valence-corrected chi connectivity index (χ4v) is 8.99. The standard InChI is InChI=1S/C41H53N8O8PS2/c1-31(2)49(32(3)4)58(54-27-9-26-42)55-28-33(29-56-59(50,51)40-22-14-36(15-23-40)45-43-34-10-18-38(19-11-34)47(5)6)30-57-60(52,53)41-24-16-37(17-25-41)46-44-35-12-20-39(21-13-35)48(7)8/h10-25,31-33H,9,27-30H2,1-8H3. The lowest BCUT2D eigenvalue weighted by molar-refractivity contribution is 0.110. The summed E-state index contributed by atoms with van der Waals surface area (Å²) in [4.78, 5) is 3.65. The second-order valence-electron chi connectivity index (χ2n) is 14.4. The number of anilines is 2. The van der Waals surface area contributed by atoms with Crippen molar-refractivity contribution in [3.8, 4) is 6.07 Å². The predicted octanol–water partition coefficient (Wildman–Crippen LogP) is 9.67. The van der Waals surface area contributed by atoms with Gasteiger partial charge in [-0.05, 0) is 125 Å². The zero-order chi connectivity index (χ0) is 43.9. The second-order valence-corrected chi connectivity index (χ2v) is 19.1. The molecular weight excluding hydrogens is 828 g/mol. The van der Waals surface area contributed by atoms with E-state index in [1.807, 2.05) is 125 Å². The minimum atomic E-state index is -4.33. The lowest BCUT2D eigenvalue weighted by atomic mass is 10.2. The summed E-state index contributed by atoms with van der Waals surface area (Å²) in [6.07, 6.45) is 0.131. The van der Waals surface area contributed by atoms with Gasteiger partial charge in [0.15, 0.2) is 0 Å². The zero-order valence-electron chi connectivity index (χ0n) is 35.1. The Morgan fingerprint density at radius 1 is 0.567 bits per heavy atom. The predicted molar refractivity (Wildman–Crippen MR) is 234 cm³/mol. The van der Waals surface area contributed by atoms with Crippen LogP contribution < -0.4 is 9.80 Å². The molecule has 19 heteroatoms. The molecule has 0 aliphatic carbocycles.